The third-order valence-corrected chi connectivity index (χ3v) is 9.56. The van der Waals surface area contributed by atoms with Gasteiger partial charge < -0.3 is 14.3 Å². The summed E-state index contributed by atoms with van der Waals surface area (Å²) in [7, 11) is 0. The molecule has 0 amide bonds. The van der Waals surface area contributed by atoms with Crippen LogP contribution in [0.25, 0.3) is 49.9 Å². The molecular weight excluding hydrogens is 794 g/mol. The van der Waals surface area contributed by atoms with Gasteiger partial charge in [-0.2, -0.15) is 0 Å². The minimum atomic E-state index is -2.32. The summed E-state index contributed by atoms with van der Waals surface area (Å²) < 4.78 is 33.0. The molecule has 4 aromatic carbocycles. The molecule has 1 atom stereocenters. The van der Waals surface area contributed by atoms with Gasteiger partial charge in [0.2, 0.25) is 0 Å². The number of aliphatic imine (C=N–C) groups is 1. The third-order valence-electron chi connectivity index (χ3n) is 9.56. The molecule has 50 heavy (non-hydrogen) atoms. The van der Waals surface area contributed by atoms with Crippen molar-refractivity contribution in [3.8, 4) is 28.1 Å². The Balaban J connectivity index is 0.00000481. The van der Waals surface area contributed by atoms with E-state index >= 15 is 0 Å². The summed E-state index contributed by atoms with van der Waals surface area (Å²) in [5.74, 6) is 0.832. The van der Waals surface area contributed by atoms with Crippen molar-refractivity contribution in [3.05, 3.63) is 119 Å². The number of pyridine rings is 1. The van der Waals surface area contributed by atoms with Crippen LogP contribution < -0.4 is 0 Å². The number of rotatable bonds is 6. The van der Waals surface area contributed by atoms with Gasteiger partial charge in [0.1, 0.15) is 12.5 Å². The predicted octanol–water partition coefficient (Wildman–Crippen LogP) is 11.5. The maximum Gasteiger partial charge on any atom is 2.00 e. The summed E-state index contributed by atoms with van der Waals surface area (Å²) >= 11 is 0. The van der Waals surface area contributed by atoms with E-state index in [0.717, 1.165) is 44.3 Å². The molecule has 3 heterocycles. The van der Waals surface area contributed by atoms with E-state index in [9.17, 15) is 0 Å². The van der Waals surface area contributed by atoms with Gasteiger partial charge in [-0.15, -0.1) is 42.0 Å². The summed E-state index contributed by atoms with van der Waals surface area (Å²) in [6.45, 7) is 16.9. The first-order valence-electron chi connectivity index (χ1n) is 18.8. The van der Waals surface area contributed by atoms with Gasteiger partial charge >= 0.3 is 21.1 Å². The van der Waals surface area contributed by atoms with Crippen LogP contribution in [0.1, 0.15) is 106 Å². The van der Waals surface area contributed by atoms with Gasteiger partial charge in [0.15, 0.2) is 0 Å². The Morgan fingerprint density at radius 3 is 2.28 bits per heavy atom. The summed E-state index contributed by atoms with van der Waals surface area (Å²) in [5, 5.41) is 2.19. The van der Waals surface area contributed by atoms with Crippen molar-refractivity contribution in [1.82, 2.24) is 9.55 Å². The van der Waals surface area contributed by atoms with Crippen molar-refractivity contribution in [2.45, 2.75) is 92.0 Å². The summed E-state index contributed by atoms with van der Waals surface area (Å²) in [6, 6.07) is 33.3. The quantitative estimate of drug-likeness (QED) is 0.157. The van der Waals surface area contributed by atoms with Gasteiger partial charge in [0.05, 0.1) is 5.54 Å². The molecule has 258 valence electrons. The zero-order valence-electron chi connectivity index (χ0n) is 33.4. The van der Waals surface area contributed by atoms with Crippen LogP contribution in [0.4, 0.5) is 0 Å². The first-order chi connectivity index (χ1) is 24.4. The smallest absolute Gasteiger partial charge is 0.518 e. The van der Waals surface area contributed by atoms with E-state index in [0.29, 0.717) is 11.5 Å². The van der Waals surface area contributed by atoms with Crippen LogP contribution in [0.15, 0.2) is 84.0 Å². The van der Waals surface area contributed by atoms with Crippen LogP contribution in [0.5, 0.6) is 0 Å². The molecular formula is C45H47N3OPt. The van der Waals surface area contributed by atoms with E-state index in [1.165, 1.54) is 27.8 Å². The summed E-state index contributed by atoms with van der Waals surface area (Å²) in [4.78, 5) is 9.51. The average molecular weight is 844 g/mol. The summed E-state index contributed by atoms with van der Waals surface area (Å²) in [6.07, 6.45) is 1.88. The van der Waals surface area contributed by atoms with Crippen LogP contribution in [0.2, 0.25) is 0 Å². The number of ether oxygens (including phenoxy) is 1. The monoisotopic (exact) mass is 843 g/mol. The molecule has 1 aliphatic rings. The van der Waals surface area contributed by atoms with E-state index in [2.05, 4.69) is 145 Å². The van der Waals surface area contributed by atoms with Crippen molar-refractivity contribution in [3.63, 3.8) is 0 Å². The Morgan fingerprint density at radius 1 is 0.880 bits per heavy atom. The second kappa shape index (κ2) is 13.3. The number of hydrogen-bond acceptors (Lipinski definition) is 3. The maximum atomic E-state index is 8.22. The standard InChI is InChI=1S/C45H47N3O.Pt/c1-27(2)35-12-11-13-36(28(3)4)42(35)31-21-32(43-47-45(9,10)26-49-43)23-34(22-31)48-40-17-14-29(5)20-38(40)37-16-15-30(24-41(37)48)39-25-33(18-19-46-39)44(6,7)8;/h11-22,25,27-28H,26H2,1-10H3;/q-2;+2/i9D3;/t45-;/m0./s1. The zero-order valence-corrected chi connectivity index (χ0v) is 32.7. The molecule has 0 radical (unpaired) electrons. The van der Waals surface area contributed by atoms with Crippen LogP contribution in [-0.4, -0.2) is 27.6 Å². The van der Waals surface area contributed by atoms with Gasteiger partial charge in [-0.3, -0.25) is 4.99 Å². The average Bonchev–Trinajstić information content (AvgIpc) is 3.66. The Kier molecular flexibility index (Phi) is 8.48. The van der Waals surface area contributed by atoms with Crippen LogP contribution in [0.3, 0.4) is 0 Å². The Labute approximate surface area is 316 Å². The molecule has 0 bridgehead atoms. The summed E-state index contributed by atoms with van der Waals surface area (Å²) in [5.41, 5.74) is 10.8. The molecule has 0 saturated heterocycles. The van der Waals surface area contributed by atoms with Crippen LogP contribution in [-0.2, 0) is 31.2 Å². The topological polar surface area (TPSA) is 39.4 Å². The Bertz CT molecular complexity index is 2360. The Morgan fingerprint density at radius 2 is 1.62 bits per heavy atom. The van der Waals surface area contributed by atoms with Gasteiger partial charge in [-0.1, -0.05) is 107 Å². The van der Waals surface area contributed by atoms with Crippen molar-refractivity contribution in [1.29, 1.82) is 0 Å². The van der Waals surface area contributed by atoms with E-state index in [4.69, 9.17) is 18.8 Å². The number of nitrogens with zero attached hydrogens (tertiary/aromatic N) is 3. The largest absolute Gasteiger partial charge is 2.00 e. The molecule has 0 aliphatic carbocycles. The zero-order chi connectivity index (χ0) is 37.3. The number of benzene rings is 4. The van der Waals surface area contributed by atoms with Gasteiger partial charge in [-0.25, -0.2) is 0 Å². The number of hydrogen-bond donors (Lipinski definition) is 0. The van der Waals surface area contributed by atoms with Gasteiger partial charge in [0.25, 0.3) is 0 Å². The SMILES string of the molecule is [2H]C([2H])([2H])[C@]1(C)COC(c2[c-]c(-n3c4[c-]c(-c5cc(C(C)(C)C)ccn5)ccc4c4cc(C)ccc43)cc(-c3c(C(C)C)cccc3C(C)C)c2)=N1.[Pt+2]. The first-order valence-corrected chi connectivity index (χ1v) is 17.3. The van der Waals surface area contributed by atoms with Crippen LogP contribution >= 0.6 is 0 Å². The predicted molar refractivity (Wildman–Crippen MR) is 205 cm³/mol. The fourth-order valence-electron chi connectivity index (χ4n) is 6.96. The van der Waals surface area contributed by atoms with Crippen molar-refractivity contribution >= 4 is 27.7 Å². The van der Waals surface area contributed by atoms with Gasteiger partial charge in [0, 0.05) is 15.8 Å². The molecule has 0 spiro atoms. The Hall–Kier alpha value is -4.01. The third kappa shape index (κ3) is 6.60. The van der Waals surface area contributed by atoms with E-state index in [1.807, 2.05) is 6.20 Å². The second-order valence-electron chi connectivity index (χ2n) is 15.4. The molecule has 1 aliphatic heterocycles. The molecule has 4 nitrogen and oxygen atoms in total. The molecule has 0 fully saturated rings. The first kappa shape index (κ1) is 31.9. The fourth-order valence-corrected chi connectivity index (χ4v) is 6.96. The molecule has 0 N–H and O–H groups in total. The van der Waals surface area contributed by atoms with Crippen molar-refractivity contribution in [2.75, 3.05) is 6.61 Å². The van der Waals surface area contributed by atoms with E-state index < -0.39 is 12.4 Å². The van der Waals surface area contributed by atoms with Crippen molar-refractivity contribution < 1.29 is 29.9 Å². The van der Waals surface area contributed by atoms with Crippen molar-refractivity contribution in [2.24, 2.45) is 4.99 Å². The van der Waals surface area contributed by atoms with E-state index in [-0.39, 0.29) is 44.9 Å². The molecule has 0 saturated carbocycles. The van der Waals surface area contributed by atoms with Crippen LogP contribution in [0, 0.1) is 19.1 Å². The van der Waals surface area contributed by atoms with Gasteiger partial charge in [-0.05, 0) is 94.6 Å². The number of aromatic nitrogens is 2. The second-order valence-corrected chi connectivity index (χ2v) is 15.4. The molecule has 6 aromatic rings. The maximum absolute atomic E-state index is 8.22. The molecule has 0 unspecified atom stereocenters. The minimum Gasteiger partial charge on any atom is -0.518 e. The fraction of sp³-hybridized carbons (Fsp3) is 0.333. The molecule has 7 rings (SSSR count). The minimum absolute atomic E-state index is 0. The molecule has 5 heteroatoms. The molecule has 2 aromatic heterocycles. The number of fused-ring (bicyclic) bond motifs is 3. The normalized spacial score (nSPS) is 17.4. The number of aryl methyl sites for hydroxylation is 1. The van der Waals surface area contributed by atoms with E-state index in [1.54, 1.807) is 6.92 Å².